The lowest BCUT2D eigenvalue weighted by atomic mass is 10.1. The summed E-state index contributed by atoms with van der Waals surface area (Å²) in [5, 5.41) is 0. The molecule has 1 atom stereocenters. The molecular weight excluding hydrogens is 238 g/mol. The zero-order chi connectivity index (χ0) is 13.5. The number of hydrogen-bond donors (Lipinski definition) is 0. The number of aryl methyl sites for hydroxylation is 1. The van der Waals surface area contributed by atoms with E-state index in [0.717, 1.165) is 32.8 Å². The Morgan fingerprint density at radius 1 is 1.32 bits per heavy atom. The van der Waals surface area contributed by atoms with Crippen LogP contribution < -0.4 is 0 Å². The molecule has 0 amide bonds. The van der Waals surface area contributed by atoms with Crippen molar-refractivity contribution in [3.8, 4) is 0 Å². The lowest BCUT2D eigenvalue weighted by Gasteiger charge is -2.26. The molecule has 0 aliphatic carbocycles. The maximum Gasteiger partial charge on any atom is 0.111 e. The lowest BCUT2D eigenvalue weighted by molar-refractivity contribution is 0.0369. The van der Waals surface area contributed by atoms with E-state index >= 15 is 0 Å². The van der Waals surface area contributed by atoms with Gasteiger partial charge in [-0.15, -0.1) is 0 Å². The van der Waals surface area contributed by atoms with Gasteiger partial charge < -0.3 is 9.30 Å². The zero-order valence-electron chi connectivity index (χ0n) is 12.3. The standard InChI is InChI=1S/C15H27N3O/c1-3-5-14(2)15-16-6-9-18(15)8-4-7-17-10-12-19-13-11-17/h6,9,14H,3-5,7-8,10-13H2,1-2H3/t14-/m0/s1. The molecule has 1 aromatic rings. The fraction of sp³-hybridized carbons (Fsp3) is 0.800. The monoisotopic (exact) mass is 265 g/mol. The minimum atomic E-state index is 0.573. The summed E-state index contributed by atoms with van der Waals surface area (Å²) < 4.78 is 7.71. The highest BCUT2D eigenvalue weighted by Crippen LogP contribution is 2.19. The molecular formula is C15H27N3O. The van der Waals surface area contributed by atoms with Gasteiger partial charge in [0.1, 0.15) is 5.82 Å². The molecule has 4 heteroatoms. The molecule has 19 heavy (non-hydrogen) atoms. The Balaban J connectivity index is 1.77. The van der Waals surface area contributed by atoms with Crippen molar-refractivity contribution in [2.45, 2.75) is 45.6 Å². The van der Waals surface area contributed by atoms with Crippen LogP contribution in [0.3, 0.4) is 0 Å². The topological polar surface area (TPSA) is 30.3 Å². The minimum Gasteiger partial charge on any atom is -0.379 e. The average Bonchev–Trinajstić information content (AvgIpc) is 2.89. The van der Waals surface area contributed by atoms with Gasteiger partial charge in [0.25, 0.3) is 0 Å². The van der Waals surface area contributed by atoms with Crippen LogP contribution in [0.25, 0.3) is 0 Å². The highest BCUT2D eigenvalue weighted by Gasteiger charge is 2.12. The Hall–Kier alpha value is -0.870. The summed E-state index contributed by atoms with van der Waals surface area (Å²) >= 11 is 0. The van der Waals surface area contributed by atoms with Crippen LogP contribution in [0, 0.1) is 0 Å². The van der Waals surface area contributed by atoms with E-state index in [-0.39, 0.29) is 0 Å². The van der Waals surface area contributed by atoms with Gasteiger partial charge in [0.15, 0.2) is 0 Å². The number of nitrogens with zero attached hydrogens (tertiary/aromatic N) is 3. The van der Waals surface area contributed by atoms with Crippen molar-refractivity contribution < 1.29 is 4.74 Å². The van der Waals surface area contributed by atoms with Gasteiger partial charge in [0, 0.05) is 44.5 Å². The van der Waals surface area contributed by atoms with Crippen LogP contribution in [0.15, 0.2) is 12.4 Å². The minimum absolute atomic E-state index is 0.573. The van der Waals surface area contributed by atoms with Crippen LogP contribution in [0.5, 0.6) is 0 Å². The van der Waals surface area contributed by atoms with Gasteiger partial charge in [-0.2, -0.15) is 0 Å². The molecule has 0 bridgehead atoms. The fourth-order valence-electron chi connectivity index (χ4n) is 2.79. The summed E-state index contributed by atoms with van der Waals surface area (Å²) in [6.45, 7) is 10.7. The van der Waals surface area contributed by atoms with E-state index in [1.165, 1.54) is 31.6 Å². The van der Waals surface area contributed by atoms with E-state index < -0.39 is 0 Å². The van der Waals surface area contributed by atoms with Crippen molar-refractivity contribution >= 4 is 0 Å². The molecule has 2 rings (SSSR count). The zero-order valence-corrected chi connectivity index (χ0v) is 12.3. The third kappa shape index (κ3) is 4.32. The third-order valence-corrected chi connectivity index (χ3v) is 3.89. The van der Waals surface area contributed by atoms with Crippen LogP contribution in [0.4, 0.5) is 0 Å². The predicted molar refractivity (Wildman–Crippen MR) is 77.4 cm³/mol. The van der Waals surface area contributed by atoms with Crippen LogP contribution in [-0.2, 0) is 11.3 Å². The van der Waals surface area contributed by atoms with E-state index in [9.17, 15) is 0 Å². The first-order chi connectivity index (χ1) is 9.31. The second-order valence-corrected chi connectivity index (χ2v) is 5.48. The second-order valence-electron chi connectivity index (χ2n) is 5.48. The lowest BCUT2D eigenvalue weighted by Crippen LogP contribution is -2.37. The molecule has 1 saturated heterocycles. The van der Waals surface area contributed by atoms with Crippen LogP contribution in [0.1, 0.15) is 44.9 Å². The highest BCUT2D eigenvalue weighted by molar-refractivity contribution is 4.98. The number of morpholine rings is 1. The molecule has 0 radical (unpaired) electrons. The van der Waals surface area contributed by atoms with Crippen molar-refractivity contribution in [2.75, 3.05) is 32.8 Å². The first kappa shape index (κ1) is 14.5. The van der Waals surface area contributed by atoms with Crippen molar-refractivity contribution in [2.24, 2.45) is 0 Å². The third-order valence-electron chi connectivity index (χ3n) is 3.89. The molecule has 1 aromatic heterocycles. The summed E-state index contributed by atoms with van der Waals surface area (Å²) in [7, 11) is 0. The molecule has 0 spiro atoms. The SMILES string of the molecule is CCC[C@H](C)c1nccn1CCCN1CCOCC1. The van der Waals surface area contributed by atoms with Gasteiger partial charge in [-0.3, -0.25) is 4.90 Å². The van der Waals surface area contributed by atoms with Crippen molar-refractivity contribution in [1.82, 2.24) is 14.5 Å². The molecule has 0 N–H and O–H groups in total. The molecule has 4 nitrogen and oxygen atoms in total. The van der Waals surface area contributed by atoms with E-state index in [0.29, 0.717) is 5.92 Å². The molecule has 1 fully saturated rings. The smallest absolute Gasteiger partial charge is 0.111 e. The van der Waals surface area contributed by atoms with Crippen molar-refractivity contribution in [1.29, 1.82) is 0 Å². The van der Waals surface area contributed by atoms with Crippen LogP contribution in [-0.4, -0.2) is 47.3 Å². The first-order valence-electron chi connectivity index (χ1n) is 7.62. The van der Waals surface area contributed by atoms with E-state index in [4.69, 9.17) is 4.74 Å². The van der Waals surface area contributed by atoms with Crippen LogP contribution >= 0.6 is 0 Å². The molecule has 108 valence electrons. The molecule has 1 aliphatic heterocycles. The molecule has 2 heterocycles. The number of imidazole rings is 1. The Morgan fingerprint density at radius 2 is 2.11 bits per heavy atom. The van der Waals surface area contributed by atoms with Gasteiger partial charge in [-0.25, -0.2) is 4.98 Å². The largest absolute Gasteiger partial charge is 0.379 e. The number of hydrogen-bond acceptors (Lipinski definition) is 3. The van der Waals surface area contributed by atoms with Crippen LogP contribution in [0.2, 0.25) is 0 Å². The van der Waals surface area contributed by atoms with Gasteiger partial charge >= 0.3 is 0 Å². The second kappa shape index (κ2) is 7.65. The van der Waals surface area contributed by atoms with Gasteiger partial charge in [-0.1, -0.05) is 20.3 Å². The Bertz CT molecular complexity index is 358. The molecule has 0 aromatic carbocycles. The molecule has 1 aliphatic rings. The summed E-state index contributed by atoms with van der Waals surface area (Å²) in [6.07, 6.45) is 7.71. The van der Waals surface area contributed by atoms with Gasteiger partial charge in [0.2, 0.25) is 0 Å². The Labute approximate surface area is 116 Å². The van der Waals surface area contributed by atoms with E-state index in [2.05, 4.69) is 34.5 Å². The summed E-state index contributed by atoms with van der Waals surface area (Å²) in [5.41, 5.74) is 0. The number of rotatable bonds is 7. The quantitative estimate of drug-likeness (QED) is 0.759. The van der Waals surface area contributed by atoms with Gasteiger partial charge in [-0.05, 0) is 12.8 Å². The number of aromatic nitrogens is 2. The summed E-state index contributed by atoms with van der Waals surface area (Å²) in [5.74, 6) is 1.83. The van der Waals surface area contributed by atoms with Gasteiger partial charge in [0.05, 0.1) is 13.2 Å². The fourth-order valence-corrected chi connectivity index (χ4v) is 2.79. The summed E-state index contributed by atoms with van der Waals surface area (Å²) in [6, 6.07) is 0. The Kier molecular flexibility index (Phi) is 5.86. The van der Waals surface area contributed by atoms with E-state index in [1.54, 1.807) is 0 Å². The maximum atomic E-state index is 5.37. The summed E-state index contributed by atoms with van der Waals surface area (Å²) in [4.78, 5) is 7.03. The van der Waals surface area contributed by atoms with Crippen molar-refractivity contribution in [3.05, 3.63) is 18.2 Å². The normalized spacial score (nSPS) is 18.6. The van der Waals surface area contributed by atoms with Crippen molar-refractivity contribution in [3.63, 3.8) is 0 Å². The highest BCUT2D eigenvalue weighted by atomic mass is 16.5. The molecule has 0 saturated carbocycles. The number of ether oxygens (including phenoxy) is 1. The average molecular weight is 265 g/mol. The maximum absolute atomic E-state index is 5.37. The predicted octanol–water partition coefficient (Wildman–Crippen LogP) is 2.51. The first-order valence-corrected chi connectivity index (χ1v) is 7.62. The van der Waals surface area contributed by atoms with E-state index in [1.807, 2.05) is 6.20 Å². The Morgan fingerprint density at radius 3 is 2.84 bits per heavy atom. The molecule has 0 unspecified atom stereocenters.